The minimum atomic E-state index is -1.16. The third kappa shape index (κ3) is 3.82. The number of anilines is 2. The van der Waals surface area contributed by atoms with Crippen LogP contribution in [0.25, 0.3) is 0 Å². The second-order valence-electron chi connectivity index (χ2n) is 8.50. The molecule has 0 saturated heterocycles. The molecule has 5 nitrogen and oxygen atoms in total. The molecule has 178 valence electrons. The van der Waals surface area contributed by atoms with Crippen molar-refractivity contribution in [2.45, 2.75) is 40.2 Å². The van der Waals surface area contributed by atoms with E-state index in [2.05, 4.69) is 73.7 Å². The number of benzene rings is 2. The molecule has 2 aromatic carbocycles. The van der Waals surface area contributed by atoms with Crippen molar-refractivity contribution in [3.63, 3.8) is 0 Å². The van der Waals surface area contributed by atoms with Crippen LogP contribution in [0.3, 0.4) is 0 Å². The number of nitrogens with zero attached hydrogens (tertiary/aromatic N) is 3. The summed E-state index contributed by atoms with van der Waals surface area (Å²) in [7, 11) is 0. The number of carbonyl (C=O) groups is 1. The monoisotopic (exact) mass is 477 g/mol. The van der Waals surface area contributed by atoms with Gasteiger partial charge in [0.05, 0.1) is 10.6 Å². The van der Waals surface area contributed by atoms with Crippen LogP contribution < -0.4 is 9.80 Å². The fourth-order valence-electron chi connectivity index (χ4n) is 5.05. The van der Waals surface area contributed by atoms with E-state index in [4.69, 9.17) is 16.3 Å². The van der Waals surface area contributed by atoms with Crippen LogP contribution in [0, 0.1) is 6.92 Å². The van der Waals surface area contributed by atoms with Gasteiger partial charge in [0.25, 0.3) is 0 Å². The van der Waals surface area contributed by atoms with Gasteiger partial charge in [-0.15, -0.1) is 0 Å². The van der Waals surface area contributed by atoms with Crippen molar-refractivity contribution in [2.75, 3.05) is 36.0 Å². The Morgan fingerprint density at radius 3 is 2.00 bits per heavy atom. The van der Waals surface area contributed by atoms with Gasteiger partial charge in [0.2, 0.25) is 0 Å². The first-order valence-corrected chi connectivity index (χ1v) is 12.4. The molecular weight excluding hydrogens is 446 g/mol. The zero-order valence-electron chi connectivity index (χ0n) is 20.6. The first kappa shape index (κ1) is 24.1. The quantitative estimate of drug-likeness (QED) is 0.361. The number of pyridine rings is 1. The summed E-state index contributed by atoms with van der Waals surface area (Å²) in [6.07, 6.45) is 3.35. The number of aryl methyl sites for hydroxylation is 1. The molecule has 1 aliphatic heterocycles. The molecule has 6 heteroatoms. The predicted molar refractivity (Wildman–Crippen MR) is 139 cm³/mol. The molecule has 1 unspecified atom stereocenters. The third-order valence-electron chi connectivity index (χ3n) is 6.84. The fourth-order valence-corrected chi connectivity index (χ4v) is 5.36. The van der Waals surface area contributed by atoms with Crippen molar-refractivity contribution in [1.29, 1.82) is 0 Å². The molecule has 0 radical (unpaired) electrons. The third-order valence-corrected chi connectivity index (χ3v) is 7.16. The lowest BCUT2D eigenvalue weighted by Crippen LogP contribution is -2.31. The summed E-state index contributed by atoms with van der Waals surface area (Å²) in [6, 6.07) is 14.0. The van der Waals surface area contributed by atoms with Gasteiger partial charge in [-0.2, -0.15) is 0 Å². The van der Waals surface area contributed by atoms with Gasteiger partial charge in [-0.25, -0.2) is 4.79 Å². The molecule has 1 aliphatic rings. The highest BCUT2D eigenvalue weighted by Crippen LogP contribution is 2.50. The van der Waals surface area contributed by atoms with E-state index in [0.717, 1.165) is 59.8 Å². The Hall–Kier alpha value is -3.05. The average Bonchev–Trinajstić information content (AvgIpc) is 3.14. The van der Waals surface area contributed by atoms with E-state index in [-0.39, 0.29) is 5.97 Å². The maximum atomic E-state index is 13.1. The summed E-state index contributed by atoms with van der Waals surface area (Å²) in [6.45, 7) is 14.2. The minimum absolute atomic E-state index is 0.367. The molecule has 34 heavy (non-hydrogen) atoms. The number of ether oxygens (including phenoxy) is 1. The molecule has 2 heterocycles. The number of fused-ring (bicyclic) bond motifs is 1. The van der Waals surface area contributed by atoms with Crippen molar-refractivity contribution >= 4 is 28.9 Å². The van der Waals surface area contributed by atoms with Crippen molar-refractivity contribution in [3.8, 4) is 0 Å². The summed E-state index contributed by atoms with van der Waals surface area (Å²) in [4.78, 5) is 22.0. The van der Waals surface area contributed by atoms with Gasteiger partial charge >= 0.3 is 5.97 Å². The summed E-state index contributed by atoms with van der Waals surface area (Å²) in [5.74, 6) is -0.367. The van der Waals surface area contributed by atoms with E-state index >= 15 is 0 Å². The van der Waals surface area contributed by atoms with Gasteiger partial charge in [0.15, 0.2) is 5.60 Å². The molecule has 0 aliphatic carbocycles. The fraction of sp³-hybridized carbons (Fsp3) is 0.357. The lowest BCUT2D eigenvalue weighted by molar-refractivity contribution is 0.0250. The van der Waals surface area contributed by atoms with Crippen LogP contribution in [0.15, 0.2) is 54.9 Å². The van der Waals surface area contributed by atoms with Crippen molar-refractivity contribution in [1.82, 2.24) is 4.98 Å². The lowest BCUT2D eigenvalue weighted by atomic mass is 9.78. The predicted octanol–water partition coefficient (Wildman–Crippen LogP) is 6.20. The lowest BCUT2D eigenvalue weighted by Gasteiger charge is -2.33. The maximum Gasteiger partial charge on any atom is 0.340 e. The second-order valence-corrected chi connectivity index (χ2v) is 8.91. The van der Waals surface area contributed by atoms with E-state index in [0.29, 0.717) is 10.6 Å². The number of rotatable bonds is 8. The van der Waals surface area contributed by atoms with E-state index in [1.807, 2.05) is 12.1 Å². The van der Waals surface area contributed by atoms with Crippen LogP contribution in [-0.2, 0) is 10.3 Å². The first-order chi connectivity index (χ1) is 16.4. The Kier molecular flexibility index (Phi) is 6.85. The average molecular weight is 478 g/mol. The summed E-state index contributed by atoms with van der Waals surface area (Å²) in [5.41, 5.74) is 4.91. The van der Waals surface area contributed by atoms with Gasteiger partial charge in [-0.1, -0.05) is 23.7 Å². The molecule has 0 spiro atoms. The van der Waals surface area contributed by atoms with Gasteiger partial charge in [0, 0.05) is 66.6 Å². The summed E-state index contributed by atoms with van der Waals surface area (Å²) < 4.78 is 6.27. The second kappa shape index (κ2) is 9.67. The van der Waals surface area contributed by atoms with E-state index in [1.54, 1.807) is 18.5 Å². The van der Waals surface area contributed by atoms with Crippen molar-refractivity contribution in [3.05, 3.63) is 87.7 Å². The highest BCUT2D eigenvalue weighted by atomic mass is 35.5. The van der Waals surface area contributed by atoms with Crippen molar-refractivity contribution < 1.29 is 9.53 Å². The molecule has 3 aromatic rings. The van der Waals surface area contributed by atoms with Gasteiger partial charge in [0.1, 0.15) is 0 Å². The number of halogens is 1. The number of cyclic esters (lactones) is 1. The molecule has 1 atom stereocenters. The normalized spacial score (nSPS) is 16.8. The highest BCUT2D eigenvalue weighted by Gasteiger charge is 2.50. The SMILES string of the molecule is CCN(CC)c1ccc(C2(c3ccc(N(CC)CC)cc3Cl)OC(=O)c3ccncc32)c(C)c1. The Balaban J connectivity index is 1.96. The van der Waals surface area contributed by atoms with Crippen LogP contribution in [0.2, 0.25) is 5.02 Å². The zero-order chi connectivity index (χ0) is 24.5. The van der Waals surface area contributed by atoms with Crippen LogP contribution in [-0.4, -0.2) is 37.1 Å². The highest BCUT2D eigenvalue weighted by molar-refractivity contribution is 6.32. The zero-order valence-corrected chi connectivity index (χ0v) is 21.3. The standard InChI is InChI=1S/C28H32ClN3O2/c1-6-31(7-2)20-10-12-23(19(5)16-20)28(25-18-30-15-14-22(25)27(33)34-28)24-13-11-21(17-26(24)29)32(8-3)9-4/h10-18H,6-9H2,1-5H3. The van der Waals surface area contributed by atoms with E-state index < -0.39 is 5.60 Å². The Morgan fingerprint density at radius 1 is 0.853 bits per heavy atom. The molecule has 1 aromatic heterocycles. The van der Waals surface area contributed by atoms with Crippen LogP contribution in [0.5, 0.6) is 0 Å². The number of aromatic nitrogens is 1. The Labute approximate surface area is 207 Å². The largest absolute Gasteiger partial charge is 0.440 e. The van der Waals surface area contributed by atoms with Crippen LogP contribution in [0.1, 0.15) is 60.3 Å². The number of hydrogen-bond donors (Lipinski definition) is 0. The van der Waals surface area contributed by atoms with Gasteiger partial charge in [-0.05, 0) is 70.5 Å². The Morgan fingerprint density at radius 2 is 1.44 bits per heavy atom. The maximum absolute atomic E-state index is 13.1. The molecule has 0 N–H and O–H groups in total. The van der Waals surface area contributed by atoms with Gasteiger partial charge < -0.3 is 14.5 Å². The number of esters is 1. The van der Waals surface area contributed by atoms with Crippen LogP contribution >= 0.6 is 11.6 Å². The summed E-state index contributed by atoms with van der Waals surface area (Å²) in [5, 5.41) is 0.557. The van der Waals surface area contributed by atoms with Gasteiger partial charge in [-0.3, -0.25) is 4.98 Å². The number of carbonyl (C=O) groups excluding carboxylic acids is 1. The topological polar surface area (TPSA) is 45.7 Å². The first-order valence-electron chi connectivity index (χ1n) is 12.0. The molecule has 0 fully saturated rings. The Bertz CT molecular complexity index is 1140. The van der Waals surface area contributed by atoms with Crippen LogP contribution in [0.4, 0.5) is 11.4 Å². The summed E-state index contributed by atoms with van der Waals surface area (Å²) >= 11 is 6.95. The molecular formula is C28H32ClN3O2. The van der Waals surface area contributed by atoms with Crippen molar-refractivity contribution in [2.24, 2.45) is 0 Å². The molecule has 0 saturated carbocycles. The number of hydrogen-bond acceptors (Lipinski definition) is 5. The van der Waals surface area contributed by atoms with E-state index in [1.165, 1.54) is 0 Å². The molecule has 0 amide bonds. The smallest absolute Gasteiger partial charge is 0.340 e. The minimum Gasteiger partial charge on any atom is -0.440 e. The molecule has 4 rings (SSSR count). The molecule has 0 bridgehead atoms. The van der Waals surface area contributed by atoms with E-state index in [9.17, 15) is 4.79 Å².